The van der Waals surface area contributed by atoms with Crippen LogP contribution in [0.3, 0.4) is 0 Å². The van der Waals surface area contributed by atoms with Crippen LogP contribution in [0.5, 0.6) is 0 Å². The number of hydrogen-bond acceptors (Lipinski definition) is 2. The number of carbonyl (C=O) groups is 1. The third-order valence-corrected chi connectivity index (χ3v) is 4.72. The van der Waals surface area contributed by atoms with Crippen molar-refractivity contribution in [3.63, 3.8) is 0 Å². The van der Waals surface area contributed by atoms with Crippen LogP contribution < -0.4 is 0 Å². The van der Waals surface area contributed by atoms with Gasteiger partial charge in [-0.1, -0.05) is 38.8 Å². The Hall–Kier alpha value is -0.760. The summed E-state index contributed by atoms with van der Waals surface area (Å²) in [7, 11) is 0. The zero-order chi connectivity index (χ0) is 13.0. The number of rotatable bonds is 5. The highest BCUT2D eigenvalue weighted by atomic mass is 32.2. The van der Waals surface area contributed by atoms with Crippen molar-refractivity contribution in [1.29, 1.82) is 0 Å². The van der Waals surface area contributed by atoms with Crippen molar-refractivity contribution in [2.45, 2.75) is 56.1 Å². The van der Waals surface area contributed by atoms with Gasteiger partial charge in [-0.25, -0.2) is 0 Å². The molecule has 1 nitrogen and oxygen atoms in total. The van der Waals surface area contributed by atoms with Crippen LogP contribution >= 0.6 is 11.8 Å². The maximum atomic E-state index is 11.9. The van der Waals surface area contributed by atoms with Gasteiger partial charge in [-0.05, 0) is 30.9 Å². The van der Waals surface area contributed by atoms with Crippen molar-refractivity contribution >= 4 is 17.5 Å². The molecule has 0 radical (unpaired) electrons. The van der Waals surface area contributed by atoms with Gasteiger partial charge in [-0.2, -0.15) is 0 Å². The van der Waals surface area contributed by atoms with Gasteiger partial charge in [0.05, 0.1) is 0 Å². The molecule has 1 saturated carbocycles. The Labute approximate surface area is 114 Å². The lowest BCUT2D eigenvalue weighted by atomic mass is 10.0. The van der Waals surface area contributed by atoms with Gasteiger partial charge in [0.15, 0.2) is 5.78 Å². The molecule has 0 aromatic heterocycles. The Morgan fingerprint density at radius 1 is 1.22 bits per heavy atom. The fraction of sp³-hybridized carbons (Fsp3) is 0.562. The Morgan fingerprint density at radius 3 is 2.39 bits per heavy atom. The summed E-state index contributed by atoms with van der Waals surface area (Å²) in [6, 6.07) is 8.19. The fourth-order valence-electron chi connectivity index (χ4n) is 2.41. The van der Waals surface area contributed by atoms with E-state index < -0.39 is 0 Å². The molecular formula is C16H22OS. The SMILES string of the molecule is CC(C)CC(=O)c1ccc(SC2CCCC2)cc1. The Bertz CT molecular complexity index is 388. The van der Waals surface area contributed by atoms with Crippen LogP contribution in [0.2, 0.25) is 0 Å². The second kappa shape index (κ2) is 6.42. The molecule has 0 bridgehead atoms. The van der Waals surface area contributed by atoms with E-state index in [-0.39, 0.29) is 5.78 Å². The predicted octanol–water partition coefficient (Wildman–Crippen LogP) is 4.95. The van der Waals surface area contributed by atoms with Gasteiger partial charge in [0.2, 0.25) is 0 Å². The number of thioether (sulfide) groups is 1. The summed E-state index contributed by atoms with van der Waals surface area (Å²) in [5, 5.41) is 0.794. The molecule has 0 unspecified atom stereocenters. The minimum absolute atomic E-state index is 0.266. The van der Waals surface area contributed by atoms with E-state index in [1.807, 2.05) is 23.9 Å². The Kier molecular flexibility index (Phi) is 4.87. The second-order valence-corrected chi connectivity index (χ2v) is 6.94. The highest BCUT2D eigenvalue weighted by Gasteiger charge is 2.16. The minimum Gasteiger partial charge on any atom is -0.294 e. The molecule has 0 heterocycles. The maximum Gasteiger partial charge on any atom is 0.163 e. The standard InChI is InChI=1S/C16H22OS/c1-12(2)11-16(17)13-7-9-15(10-8-13)18-14-5-3-4-6-14/h7-10,12,14H,3-6,11H2,1-2H3. The van der Waals surface area contributed by atoms with Crippen LogP contribution in [0.25, 0.3) is 0 Å². The van der Waals surface area contributed by atoms with E-state index in [4.69, 9.17) is 0 Å². The molecule has 1 aliphatic rings. The third kappa shape index (κ3) is 3.88. The average molecular weight is 262 g/mol. The topological polar surface area (TPSA) is 17.1 Å². The van der Waals surface area contributed by atoms with Gasteiger partial charge < -0.3 is 0 Å². The van der Waals surface area contributed by atoms with Crippen molar-refractivity contribution < 1.29 is 4.79 Å². The van der Waals surface area contributed by atoms with E-state index in [2.05, 4.69) is 26.0 Å². The summed E-state index contributed by atoms with van der Waals surface area (Å²) in [6.07, 6.45) is 6.09. The summed E-state index contributed by atoms with van der Waals surface area (Å²) in [4.78, 5) is 13.2. The number of ketones is 1. The molecule has 1 aromatic rings. The van der Waals surface area contributed by atoms with Gasteiger partial charge in [-0.15, -0.1) is 11.8 Å². The van der Waals surface area contributed by atoms with Crippen LogP contribution in [0.15, 0.2) is 29.2 Å². The lowest BCUT2D eigenvalue weighted by Crippen LogP contribution is -2.03. The summed E-state index contributed by atoms with van der Waals surface area (Å²) in [5.41, 5.74) is 0.861. The fourth-order valence-corrected chi connectivity index (χ4v) is 3.65. The Morgan fingerprint density at radius 2 is 1.83 bits per heavy atom. The van der Waals surface area contributed by atoms with Crippen molar-refractivity contribution in [3.05, 3.63) is 29.8 Å². The summed E-state index contributed by atoms with van der Waals surface area (Å²) in [5.74, 6) is 0.701. The minimum atomic E-state index is 0.266. The number of hydrogen-bond donors (Lipinski definition) is 0. The molecular weight excluding hydrogens is 240 g/mol. The van der Waals surface area contributed by atoms with Gasteiger partial charge in [0.25, 0.3) is 0 Å². The Balaban J connectivity index is 1.94. The van der Waals surface area contributed by atoms with Crippen molar-refractivity contribution in [3.8, 4) is 0 Å². The van der Waals surface area contributed by atoms with Gasteiger partial charge >= 0.3 is 0 Å². The number of carbonyl (C=O) groups excluding carboxylic acids is 1. The van der Waals surface area contributed by atoms with Crippen LogP contribution in [-0.2, 0) is 0 Å². The highest BCUT2D eigenvalue weighted by Crippen LogP contribution is 2.34. The molecule has 0 atom stereocenters. The second-order valence-electron chi connectivity index (χ2n) is 5.57. The maximum absolute atomic E-state index is 11.9. The number of Topliss-reactive ketones (excluding diaryl/α,β-unsaturated/α-hetero) is 1. The predicted molar refractivity (Wildman–Crippen MR) is 78.3 cm³/mol. The van der Waals surface area contributed by atoms with Gasteiger partial charge in [0.1, 0.15) is 0 Å². The van der Waals surface area contributed by atoms with E-state index in [9.17, 15) is 4.79 Å². The van der Waals surface area contributed by atoms with Crippen LogP contribution in [0.4, 0.5) is 0 Å². The third-order valence-electron chi connectivity index (χ3n) is 3.37. The van der Waals surface area contributed by atoms with E-state index in [1.54, 1.807) is 0 Å². The molecule has 98 valence electrons. The monoisotopic (exact) mass is 262 g/mol. The first-order valence-electron chi connectivity index (χ1n) is 6.95. The molecule has 18 heavy (non-hydrogen) atoms. The molecule has 0 amide bonds. The van der Waals surface area contributed by atoms with E-state index in [0.29, 0.717) is 12.3 Å². The zero-order valence-electron chi connectivity index (χ0n) is 11.3. The van der Waals surface area contributed by atoms with E-state index in [0.717, 1.165) is 10.8 Å². The van der Waals surface area contributed by atoms with Crippen LogP contribution in [0.1, 0.15) is 56.3 Å². The lowest BCUT2D eigenvalue weighted by Gasteiger charge is -2.09. The summed E-state index contributed by atoms with van der Waals surface area (Å²) >= 11 is 1.97. The first kappa shape index (κ1) is 13.7. The van der Waals surface area contributed by atoms with E-state index >= 15 is 0 Å². The molecule has 2 heteroatoms. The molecule has 1 fully saturated rings. The van der Waals surface area contributed by atoms with Crippen LogP contribution in [-0.4, -0.2) is 11.0 Å². The summed E-state index contributed by atoms with van der Waals surface area (Å²) < 4.78 is 0. The molecule has 1 aliphatic carbocycles. The van der Waals surface area contributed by atoms with Crippen molar-refractivity contribution in [2.75, 3.05) is 0 Å². The van der Waals surface area contributed by atoms with Crippen molar-refractivity contribution in [1.82, 2.24) is 0 Å². The zero-order valence-corrected chi connectivity index (χ0v) is 12.1. The molecule has 0 saturated heterocycles. The average Bonchev–Trinajstić information content (AvgIpc) is 2.82. The quantitative estimate of drug-likeness (QED) is 0.698. The molecule has 0 N–H and O–H groups in total. The molecule has 1 aromatic carbocycles. The highest BCUT2D eigenvalue weighted by molar-refractivity contribution is 8.00. The largest absolute Gasteiger partial charge is 0.294 e. The summed E-state index contributed by atoms with van der Waals surface area (Å²) in [6.45, 7) is 4.17. The normalized spacial score (nSPS) is 16.4. The molecule has 0 aliphatic heterocycles. The lowest BCUT2D eigenvalue weighted by molar-refractivity contribution is 0.0968. The van der Waals surface area contributed by atoms with E-state index in [1.165, 1.54) is 30.6 Å². The smallest absolute Gasteiger partial charge is 0.163 e. The van der Waals surface area contributed by atoms with Crippen LogP contribution in [0, 0.1) is 5.92 Å². The van der Waals surface area contributed by atoms with Gasteiger partial charge in [0, 0.05) is 22.1 Å². The molecule has 0 spiro atoms. The van der Waals surface area contributed by atoms with Crippen molar-refractivity contribution in [2.24, 2.45) is 5.92 Å². The molecule has 2 rings (SSSR count). The first-order chi connectivity index (χ1) is 8.65. The first-order valence-corrected chi connectivity index (χ1v) is 7.83. The number of benzene rings is 1. The van der Waals surface area contributed by atoms with Gasteiger partial charge in [-0.3, -0.25) is 4.79 Å².